The van der Waals surface area contributed by atoms with Crippen molar-refractivity contribution in [2.24, 2.45) is 0 Å². The van der Waals surface area contributed by atoms with E-state index in [1.165, 1.54) is 238 Å². The van der Waals surface area contributed by atoms with E-state index in [-0.39, 0.29) is 18.9 Å². The summed E-state index contributed by atoms with van der Waals surface area (Å²) in [6.07, 6.45) is 59.0. The molecule has 0 aromatic rings. The lowest BCUT2D eigenvalue weighted by Crippen LogP contribution is -2.66. The minimum Gasteiger partial charge on any atom is -0.394 e. The van der Waals surface area contributed by atoms with E-state index in [2.05, 4.69) is 79.9 Å². The van der Waals surface area contributed by atoms with E-state index >= 15 is 0 Å². The third kappa shape index (κ3) is 44.2. The number of amides is 1. The number of aliphatic hydroxyl groups excluding tert-OH is 11. The van der Waals surface area contributed by atoms with Gasteiger partial charge in [0.15, 0.2) is 18.9 Å². The molecule has 12 N–H and O–H groups in total. The van der Waals surface area contributed by atoms with E-state index in [0.717, 1.165) is 57.8 Å². The predicted molar refractivity (Wildman–Crippen MR) is 415 cm³/mol. The van der Waals surface area contributed by atoms with Gasteiger partial charge in [-0.3, -0.25) is 4.79 Å². The fourth-order valence-corrected chi connectivity index (χ4v) is 13.9. The summed E-state index contributed by atoms with van der Waals surface area (Å²) in [4.78, 5) is 13.5. The van der Waals surface area contributed by atoms with Gasteiger partial charge in [0.2, 0.25) is 5.91 Å². The van der Waals surface area contributed by atoms with Gasteiger partial charge < -0.3 is 89.9 Å². The third-order valence-corrected chi connectivity index (χ3v) is 20.7. The van der Waals surface area contributed by atoms with Crippen LogP contribution in [0.25, 0.3) is 0 Å². The third-order valence-electron chi connectivity index (χ3n) is 20.7. The molecular weight excluding hydrogens is 1320 g/mol. The Morgan fingerprint density at radius 3 is 1.03 bits per heavy atom. The molecule has 0 aromatic heterocycles. The summed E-state index contributed by atoms with van der Waals surface area (Å²) in [7, 11) is 0. The van der Waals surface area contributed by atoms with Crippen molar-refractivity contribution in [3.8, 4) is 0 Å². The van der Waals surface area contributed by atoms with Crippen LogP contribution in [0.4, 0.5) is 0 Å². The highest BCUT2D eigenvalue weighted by Crippen LogP contribution is 2.33. The minimum absolute atomic E-state index is 0.229. The monoisotopic (exact) mass is 1480 g/mol. The van der Waals surface area contributed by atoms with Crippen LogP contribution in [0.2, 0.25) is 0 Å². The first-order valence-electron chi connectivity index (χ1n) is 42.2. The Balaban J connectivity index is 1.38. The Morgan fingerprint density at radius 2 is 0.644 bits per heavy atom. The molecule has 3 rings (SSSR count). The molecule has 3 aliphatic rings. The first-order chi connectivity index (χ1) is 50.8. The lowest BCUT2D eigenvalue weighted by atomic mass is 9.96. The molecule has 3 fully saturated rings. The Morgan fingerprint density at radius 1 is 0.346 bits per heavy atom. The topological polar surface area (TPSA) is 307 Å². The number of unbranched alkanes of at least 4 members (excludes halogenated alkanes) is 41. The van der Waals surface area contributed by atoms with Crippen molar-refractivity contribution < 1.29 is 89.4 Å². The van der Waals surface area contributed by atoms with Crippen molar-refractivity contribution in [3.63, 3.8) is 0 Å². The highest BCUT2D eigenvalue weighted by Gasteiger charge is 2.54. The zero-order valence-corrected chi connectivity index (χ0v) is 65.0. The van der Waals surface area contributed by atoms with Gasteiger partial charge in [-0.05, 0) is 83.5 Å². The number of allylic oxidation sites excluding steroid dienone is 11. The van der Waals surface area contributed by atoms with Crippen molar-refractivity contribution in [1.29, 1.82) is 0 Å². The normalized spacial score (nSPS) is 26.3. The molecule has 3 heterocycles. The molecule has 104 heavy (non-hydrogen) atoms. The van der Waals surface area contributed by atoms with Crippen LogP contribution in [0.15, 0.2) is 72.9 Å². The molecule has 0 spiro atoms. The second kappa shape index (κ2) is 65.0. The Bertz CT molecular complexity index is 2160. The standard InChI is InChI=1S/C85H153NO18/c1-3-5-7-9-11-13-15-17-19-21-23-25-27-29-31-33-35-36-38-40-42-44-46-48-50-52-54-56-58-60-62-69(90)68(86-73(91)63-61-59-57-55-53-51-49-47-45-43-41-39-37-34-32-30-28-26-24-22-20-18-16-14-12-10-8-6-4-2)67-99-83-79(97)76(94)81(71(65-88)101-83)104-85-80(98)77(95)82(72(66-89)102-85)103-84-78(96)75(93)74(92)70(64-87)100-84/h16,18,22,24,28,30,44,46,52,54,60,62,68-72,74-85,87-90,92-98H,3-15,17,19-21,23,25-27,29,31-43,45,47-51,53,55-59,61,63-67H2,1-2H3,(H,86,91)/b18-16-,24-22-,30-28-,46-44+,54-52+,62-60+. The molecule has 0 bridgehead atoms. The molecule has 0 aromatic carbocycles. The van der Waals surface area contributed by atoms with Gasteiger partial charge in [0.1, 0.15) is 73.2 Å². The van der Waals surface area contributed by atoms with Crippen LogP contribution < -0.4 is 5.32 Å². The SMILES string of the molecule is CCCCCCC/C=C\C/C=C\C/C=C\CCCCCCCCCCCCCCCCC(=O)NC(COC1OC(CO)C(OC2OC(CO)C(OC3OC(CO)C(O)C(O)C3O)C(O)C2O)C(O)C1O)C(O)/C=C/CC/C=C/CC/C=C/CCCCCCCCCCCCCCCCCCCCCC. The van der Waals surface area contributed by atoms with E-state index in [1.807, 2.05) is 6.08 Å². The number of carbonyl (C=O) groups excluding carboxylic acids is 1. The van der Waals surface area contributed by atoms with E-state index in [4.69, 9.17) is 28.4 Å². The minimum atomic E-state index is -1.99. The lowest BCUT2D eigenvalue weighted by molar-refractivity contribution is -0.379. The zero-order valence-electron chi connectivity index (χ0n) is 65.0. The molecule has 19 nitrogen and oxygen atoms in total. The van der Waals surface area contributed by atoms with Crippen molar-refractivity contribution in [2.75, 3.05) is 26.4 Å². The van der Waals surface area contributed by atoms with Crippen LogP contribution in [0.1, 0.15) is 328 Å². The first-order valence-corrected chi connectivity index (χ1v) is 42.2. The van der Waals surface area contributed by atoms with E-state index < -0.39 is 124 Å². The Labute approximate surface area is 629 Å². The number of aliphatic hydroxyl groups is 11. The van der Waals surface area contributed by atoms with E-state index in [0.29, 0.717) is 12.8 Å². The number of nitrogens with one attached hydrogen (secondary N) is 1. The molecular formula is C85H153NO18. The predicted octanol–water partition coefficient (Wildman–Crippen LogP) is 14.8. The molecule has 3 saturated heterocycles. The van der Waals surface area contributed by atoms with Crippen molar-refractivity contribution in [1.82, 2.24) is 5.32 Å². The zero-order chi connectivity index (χ0) is 75.3. The van der Waals surface area contributed by atoms with Crippen LogP contribution in [0.5, 0.6) is 0 Å². The highest BCUT2D eigenvalue weighted by atomic mass is 16.8. The van der Waals surface area contributed by atoms with Crippen molar-refractivity contribution in [2.45, 2.75) is 433 Å². The number of carbonyl (C=O) groups is 1. The fraction of sp³-hybridized carbons (Fsp3) is 0.847. The maximum atomic E-state index is 13.5. The van der Waals surface area contributed by atoms with Crippen LogP contribution >= 0.6 is 0 Å². The number of hydrogen-bond donors (Lipinski definition) is 12. The molecule has 3 aliphatic heterocycles. The number of hydrogen-bond acceptors (Lipinski definition) is 18. The van der Waals surface area contributed by atoms with Crippen LogP contribution in [0.3, 0.4) is 0 Å². The average molecular weight is 1480 g/mol. The summed E-state index contributed by atoms with van der Waals surface area (Å²) in [5, 5.41) is 121. The van der Waals surface area contributed by atoms with Gasteiger partial charge in [-0.15, -0.1) is 0 Å². The van der Waals surface area contributed by atoms with E-state index in [9.17, 15) is 61.0 Å². The molecule has 0 aliphatic carbocycles. The average Bonchev–Trinajstić information content (AvgIpc) is 0.781. The molecule has 0 saturated carbocycles. The molecule has 1 amide bonds. The summed E-state index contributed by atoms with van der Waals surface area (Å²) in [5.74, 6) is -0.288. The molecule has 17 atom stereocenters. The Kier molecular flexibility index (Phi) is 59.6. The number of rotatable bonds is 67. The van der Waals surface area contributed by atoms with Crippen LogP contribution in [-0.2, 0) is 33.2 Å². The van der Waals surface area contributed by atoms with Gasteiger partial charge in [0.05, 0.1) is 38.6 Å². The largest absolute Gasteiger partial charge is 0.394 e. The van der Waals surface area contributed by atoms with Crippen LogP contribution in [-0.4, -0.2) is 193 Å². The van der Waals surface area contributed by atoms with Gasteiger partial charge in [-0.2, -0.15) is 0 Å². The van der Waals surface area contributed by atoms with Crippen molar-refractivity contribution in [3.05, 3.63) is 72.9 Å². The quantitative estimate of drug-likeness (QED) is 0.0199. The Hall–Kier alpha value is -2.77. The molecule has 606 valence electrons. The maximum Gasteiger partial charge on any atom is 0.220 e. The second-order valence-electron chi connectivity index (χ2n) is 29.9. The smallest absolute Gasteiger partial charge is 0.220 e. The lowest BCUT2D eigenvalue weighted by Gasteiger charge is -2.48. The first kappa shape index (κ1) is 95.4. The highest BCUT2D eigenvalue weighted by molar-refractivity contribution is 5.76. The van der Waals surface area contributed by atoms with Gasteiger partial charge in [0, 0.05) is 6.42 Å². The maximum absolute atomic E-state index is 13.5. The number of ether oxygens (including phenoxy) is 6. The van der Waals surface area contributed by atoms with Crippen molar-refractivity contribution >= 4 is 5.91 Å². The van der Waals surface area contributed by atoms with Gasteiger partial charge in [-0.25, -0.2) is 0 Å². The van der Waals surface area contributed by atoms with Gasteiger partial charge in [0.25, 0.3) is 0 Å². The molecule has 17 unspecified atom stereocenters. The summed E-state index contributed by atoms with van der Waals surface area (Å²) in [5.41, 5.74) is 0. The fourth-order valence-electron chi connectivity index (χ4n) is 13.9. The summed E-state index contributed by atoms with van der Waals surface area (Å²) >= 11 is 0. The molecule has 0 radical (unpaired) electrons. The summed E-state index contributed by atoms with van der Waals surface area (Å²) < 4.78 is 34.5. The second-order valence-corrected chi connectivity index (χ2v) is 29.9. The molecule has 19 heteroatoms. The van der Waals surface area contributed by atoms with Gasteiger partial charge >= 0.3 is 0 Å². The summed E-state index contributed by atoms with van der Waals surface area (Å²) in [6.45, 7) is 1.74. The van der Waals surface area contributed by atoms with Gasteiger partial charge in [-0.1, -0.05) is 311 Å². The summed E-state index contributed by atoms with van der Waals surface area (Å²) in [6, 6.07) is -1.00. The van der Waals surface area contributed by atoms with E-state index in [1.54, 1.807) is 6.08 Å². The van der Waals surface area contributed by atoms with Crippen LogP contribution in [0, 0.1) is 0 Å².